The summed E-state index contributed by atoms with van der Waals surface area (Å²) in [5.74, 6) is -1.57. The summed E-state index contributed by atoms with van der Waals surface area (Å²) in [5, 5.41) is 14.6. The van der Waals surface area contributed by atoms with Crippen molar-refractivity contribution in [1.82, 2.24) is 0 Å². The first-order valence-corrected chi connectivity index (χ1v) is 10.6. The number of carboxylic acid groups (broad SMARTS) is 1. The van der Waals surface area contributed by atoms with Gasteiger partial charge in [-0.2, -0.15) is 0 Å². The molecular weight excluding hydrogens is 420 g/mol. The summed E-state index contributed by atoms with van der Waals surface area (Å²) in [5.41, 5.74) is 1.95. The van der Waals surface area contributed by atoms with Crippen LogP contribution in [0.15, 0.2) is 42.5 Å². The van der Waals surface area contributed by atoms with E-state index in [1.165, 1.54) is 55.9 Å². The Hall–Kier alpha value is -2.90. The van der Waals surface area contributed by atoms with Crippen molar-refractivity contribution < 1.29 is 24.2 Å². The Morgan fingerprint density at radius 3 is 2.23 bits per heavy atom. The van der Waals surface area contributed by atoms with Crippen LogP contribution in [0.25, 0.3) is 0 Å². The second kappa shape index (κ2) is 10.9. The number of carboxylic acids is 1. The molecule has 0 bridgehead atoms. The normalized spacial score (nSPS) is 14.1. The van der Waals surface area contributed by atoms with Gasteiger partial charge in [-0.15, -0.1) is 0 Å². The number of benzene rings is 2. The van der Waals surface area contributed by atoms with Crippen LogP contribution in [0.1, 0.15) is 53.9 Å². The van der Waals surface area contributed by atoms with E-state index in [1.807, 2.05) is 24.3 Å². The van der Waals surface area contributed by atoms with Crippen LogP contribution in [0.5, 0.6) is 0 Å². The number of hydrogen-bond donors (Lipinski definition) is 3. The lowest BCUT2D eigenvalue weighted by Crippen LogP contribution is -2.24. The first-order valence-electron chi connectivity index (χ1n) is 10.2. The molecule has 31 heavy (non-hydrogen) atoms. The number of ether oxygens (including phenoxy) is 1. The molecule has 1 fully saturated rings. The molecule has 8 heteroatoms. The molecular formula is C23H25ClN2O5. The van der Waals surface area contributed by atoms with Gasteiger partial charge in [0, 0.05) is 10.7 Å². The maximum Gasteiger partial charge on any atom is 0.337 e. The van der Waals surface area contributed by atoms with E-state index in [2.05, 4.69) is 10.6 Å². The van der Waals surface area contributed by atoms with Gasteiger partial charge in [-0.05, 0) is 54.7 Å². The fourth-order valence-electron chi connectivity index (χ4n) is 3.70. The topological polar surface area (TPSA) is 105 Å². The molecule has 7 nitrogen and oxygen atoms in total. The van der Waals surface area contributed by atoms with Crippen LogP contribution in [0.4, 0.5) is 11.4 Å². The van der Waals surface area contributed by atoms with Crippen molar-refractivity contribution in [2.45, 2.75) is 38.0 Å². The van der Waals surface area contributed by atoms with Crippen molar-refractivity contribution in [3.8, 4) is 0 Å². The lowest BCUT2D eigenvalue weighted by atomic mass is 9.84. The number of halogens is 1. The third-order valence-corrected chi connectivity index (χ3v) is 5.46. The standard InChI is InChI=1S/C23H25ClN2O5/c24-17-8-11-20(19(12-17)23(29)30)26-22(28)14-31-13-21(27)25-18-9-6-16(7-10-18)15-4-2-1-3-5-15/h6-12,15H,1-5,13-14H2,(H,25,27)(H,26,28)(H,29,30). The van der Waals surface area contributed by atoms with E-state index in [0.717, 1.165) is 0 Å². The highest BCUT2D eigenvalue weighted by Crippen LogP contribution is 2.32. The van der Waals surface area contributed by atoms with Crippen molar-refractivity contribution >= 4 is 40.8 Å². The molecule has 2 amide bonds. The second-order valence-electron chi connectivity index (χ2n) is 7.54. The number of rotatable bonds is 8. The third kappa shape index (κ3) is 6.80. The summed E-state index contributed by atoms with van der Waals surface area (Å²) in [4.78, 5) is 35.3. The van der Waals surface area contributed by atoms with Crippen LogP contribution in [-0.4, -0.2) is 36.1 Å². The van der Waals surface area contributed by atoms with Crippen molar-refractivity contribution in [2.24, 2.45) is 0 Å². The van der Waals surface area contributed by atoms with Gasteiger partial charge >= 0.3 is 5.97 Å². The Balaban J connectivity index is 1.43. The molecule has 1 aliphatic carbocycles. The van der Waals surface area contributed by atoms with Gasteiger partial charge in [0.25, 0.3) is 0 Å². The molecule has 0 aliphatic heterocycles. The van der Waals surface area contributed by atoms with Gasteiger partial charge in [-0.3, -0.25) is 9.59 Å². The van der Waals surface area contributed by atoms with Gasteiger partial charge in [0.05, 0.1) is 11.3 Å². The molecule has 0 spiro atoms. The maximum atomic E-state index is 12.1. The van der Waals surface area contributed by atoms with Crippen LogP contribution in [0.3, 0.4) is 0 Å². The van der Waals surface area contributed by atoms with Crippen LogP contribution >= 0.6 is 11.6 Å². The maximum absolute atomic E-state index is 12.1. The number of amides is 2. The zero-order valence-electron chi connectivity index (χ0n) is 17.0. The van der Waals surface area contributed by atoms with Gasteiger partial charge < -0.3 is 20.5 Å². The number of carbonyl (C=O) groups excluding carboxylic acids is 2. The third-order valence-electron chi connectivity index (χ3n) is 5.22. The summed E-state index contributed by atoms with van der Waals surface area (Å²) >= 11 is 5.79. The van der Waals surface area contributed by atoms with Gasteiger partial charge in [0.1, 0.15) is 13.2 Å². The van der Waals surface area contributed by atoms with Gasteiger partial charge in [0.2, 0.25) is 11.8 Å². The number of carbonyl (C=O) groups is 3. The van der Waals surface area contributed by atoms with Crippen LogP contribution < -0.4 is 10.6 Å². The van der Waals surface area contributed by atoms with Crippen molar-refractivity contribution in [3.05, 3.63) is 58.6 Å². The molecule has 0 atom stereocenters. The minimum Gasteiger partial charge on any atom is -0.478 e. The number of hydrogen-bond acceptors (Lipinski definition) is 4. The van der Waals surface area contributed by atoms with E-state index in [-0.39, 0.29) is 28.8 Å². The van der Waals surface area contributed by atoms with Crippen molar-refractivity contribution in [1.29, 1.82) is 0 Å². The lowest BCUT2D eigenvalue weighted by Gasteiger charge is -2.22. The minimum atomic E-state index is -1.22. The first-order chi connectivity index (χ1) is 14.9. The highest BCUT2D eigenvalue weighted by molar-refractivity contribution is 6.31. The van der Waals surface area contributed by atoms with Crippen LogP contribution in [0, 0.1) is 0 Å². The monoisotopic (exact) mass is 444 g/mol. The molecule has 0 saturated heterocycles. The Bertz CT molecular complexity index is 939. The van der Waals surface area contributed by atoms with E-state index in [9.17, 15) is 19.5 Å². The van der Waals surface area contributed by atoms with E-state index in [1.54, 1.807) is 0 Å². The zero-order valence-corrected chi connectivity index (χ0v) is 17.8. The molecule has 2 aromatic rings. The predicted molar refractivity (Wildman–Crippen MR) is 119 cm³/mol. The Kier molecular flexibility index (Phi) is 8.03. The van der Waals surface area contributed by atoms with Crippen molar-refractivity contribution in [3.63, 3.8) is 0 Å². The summed E-state index contributed by atoms with van der Waals surface area (Å²) in [6, 6.07) is 12.0. The molecule has 1 saturated carbocycles. The lowest BCUT2D eigenvalue weighted by molar-refractivity contribution is -0.125. The van der Waals surface area contributed by atoms with Crippen LogP contribution in [0.2, 0.25) is 5.02 Å². The Labute approximate surface area is 185 Å². The van der Waals surface area contributed by atoms with Crippen LogP contribution in [-0.2, 0) is 14.3 Å². The molecule has 0 unspecified atom stereocenters. The summed E-state index contributed by atoms with van der Waals surface area (Å²) in [6.45, 7) is -0.695. The molecule has 0 aromatic heterocycles. The molecule has 0 radical (unpaired) electrons. The van der Waals surface area contributed by atoms with Crippen molar-refractivity contribution in [2.75, 3.05) is 23.8 Å². The predicted octanol–water partition coefficient (Wildman–Crippen LogP) is 4.68. The van der Waals surface area contributed by atoms with E-state index in [4.69, 9.17) is 16.3 Å². The SMILES string of the molecule is O=C(COCC(=O)Nc1ccc(Cl)cc1C(=O)O)Nc1ccc(C2CCCCC2)cc1. The average molecular weight is 445 g/mol. The largest absolute Gasteiger partial charge is 0.478 e. The Morgan fingerprint density at radius 2 is 1.58 bits per heavy atom. The smallest absolute Gasteiger partial charge is 0.337 e. The molecule has 0 heterocycles. The molecule has 1 aliphatic rings. The summed E-state index contributed by atoms with van der Waals surface area (Å²) in [7, 11) is 0. The fourth-order valence-corrected chi connectivity index (χ4v) is 3.87. The average Bonchev–Trinajstić information content (AvgIpc) is 2.76. The quantitative estimate of drug-likeness (QED) is 0.548. The van der Waals surface area contributed by atoms with E-state index < -0.39 is 18.5 Å². The second-order valence-corrected chi connectivity index (χ2v) is 7.98. The molecule has 3 N–H and O–H groups in total. The molecule has 3 rings (SSSR count). The fraction of sp³-hybridized carbons (Fsp3) is 0.348. The number of aromatic carboxylic acids is 1. The highest BCUT2D eigenvalue weighted by Gasteiger charge is 2.16. The van der Waals surface area contributed by atoms with E-state index in [0.29, 0.717) is 11.6 Å². The Morgan fingerprint density at radius 1 is 0.935 bits per heavy atom. The summed E-state index contributed by atoms with van der Waals surface area (Å²) in [6.07, 6.45) is 6.27. The summed E-state index contributed by atoms with van der Waals surface area (Å²) < 4.78 is 5.15. The first kappa shape index (κ1) is 22.8. The van der Waals surface area contributed by atoms with E-state index >= 15 is 0 Å². The van der Waals surface area contributed by atoms with Gasteiger partial charge in [-0.25, -0.2) is 4.79 Å². The zero-order chi connectivity index (χ0) is 22.2. The molecule has 2 aromatic carbocycles. The number of anilines is 2. The highest BCUT2D eigenvalue weighted by atomic mass is 35.5. The van der Waals surface area contributed by atoms with Gasteiger partial charge in [-0.1, -0.05) is 43.0 Å². The molecule has 164 valence electrons. The minimum absolute atomic E-state index is 0.105. The van der Waals surface area contributed by atoms with Gasteiger partial charge in [0.15, 0.2) is 0 Å². The number of nitrogens with one attached hydrogen (secondary N) is 2.